The zero-order valence-corrected chi connectivity index (χ0v) is 9.71. The highest BCUT2D eigenvalue weighted by Gasteiger charge is 2.14. The van der Waals surface area contributed by atoms with Crippen LogP contribution < -0.4 is 4.90 Å². The number of anilines is 1. The summed E-state index contributed by atoms with van der Waals surface area (Å²) in [4.78, 5) is 22.4. The fraction of sp³-hybridized carbons (Fsp3) is 0.364. The first-order valence-electron chi connectivity index (χ1n) is 5.17. The molecule has 92 valence electrons. The Hall–Kier alpha value is -2.11. The molecule has 0 saturated heterocycles. The van der Waals surface area contributed by atoms with E-state index < -0.39 is 10.9 Å². The number of nitrogens with zero attached hydrogens (tertiary/aromatic N) is 2. The lowest BCUT2D eigenvalue weighted by Crippen LogP contribution is -2.29. The Morgan fingerprint density at radius 1 is 1.53 bits per heavy atom. The van der Waals surface area contributed by atoms with Gasteiger partial charge in [-0.3, -0.25) is 14.9 Å². The number of carboxylic acids is 1. The number of non-ortho nitro benzene ring substituents is 1. The minimum absolute atomic E-state index is 0.0117. The molecule has 0 unspecified atom stereocenters. The van der Waals surface area contributed by atoms with Crippen LogP contribution in [0, 0.1) is 17.0 Å². The minimum atomic E-state index is -0.926. The largest absolute Gasteiger partial charge is 0.480 e. The summed E-state index contributed by atoms with van der Waals surface area (Å²) in [5.74, 6) is -0.926. The van der Waals surface area contributed by atoms with E-state index in [0.717, 1.165) is 0 Å². The van der Waals surface area contributed by atoms with E-state index in [9.17, 15) is 14.9 Å². The molecule has 1 N–H and O–H groups in total. The second kappa shape index (κ2) is 5.29. The average molecular weight is 238 g/mol. The van der Waals surface area contributed by atoms with Crippen LogP contribution in [-0.2, 0) is 4.79 Å². The fourth-order valence-electron chi connectivity index (χ4n) is 1.64. The van der Waals surface area contributed by atoms with Crippen molar-refractivity contribution in [3.8, 4) is 0 Å². The fourth-order valence-corrected chi connectivity index (χ4v) is 1.64. The Morgan fingerprint density at radius 3 is 2.59 bits per heavy atom. The van der Waals surface area contributed by atoms with Crippen molar-refractivity contribution in [2.45, 2.75) is 13.8 Å². The molecule has 0 atom stereocenters. The maximum Gasteiger partial charge on any atom is 0.323 e. The zero-order valence-electron chi connectivity index (χ0n) is 9.71. The lowest BCUT2D eigenvalue weighted by atomic mass is 10.1. The summed E-state index contributed by atoms with van der Waals surface area (Å²) < 4.78 is 0. The van der Waals surface area contributed by atoms with Crippen molar-refractivity contribution in [3.63, 3.8) is 0 Å². The Morgan fingerprint density at radius 2 is 2.18 bits per heavy atom. The lowest BCUT2D eigenvalue weighted by Gasteiger charge is -2.22. The number of benzene rings is 1. The van der Waals surface area contributed by atoms with E-state index >= 15 is 0 Å². The topological polar surface area (TPSA) is 83.7 Å². The van der Waals surface area contributed by atoms with Crippen LogP contribution in [-0.4, -0.2) is 29.1 Å². The van der Waals surface area contributed by atoms with Gasteiger partial charge < -0.3 is 10.0 Å². The number of hydrogen-bond acceptors (Lipinski definition) is 4. The minimum Gasteiger partial charge on any atom is -0.480 e. The molecule has 0 aliphatic heterocycles. The molecule has 0 amide bonds. The highest BCUT2D eigenvalue weighted by Crippen LogP contribution is 2.24. The highest BCUT2D eigenvalue weighted by atomic mass is 16.6. The zero-order chi connectivity index (χ0) is 13.0. The van der Waals surface area contributed by atoms with Crippen molar-refractivity contribution in [1.29, 1.82) is 0 Å². The summed E-state index contributed by atoms with van der Waals surface area (Å²) in [6, 6.07) is 4.41. The van der Waals surface area contributed by atoms with Crippen LogP contribution in [0.15, 0.2) is 18.2 Å². The van der Waals surface area contributed by atoms with Gasteiger partial charge >= 0.3 is 5.97 Å². The monoisotopic (exact) mass is 238 g/mol. The Labute approximate surface area is 98.6 Å². The van der Waals surface area contributed by atoms with Gasteiger partial charge in [0, 0.05) is 24.4 Å². The molecule has 0 heterocycles. The number of carboxylic acid groups (broad SMARTS) is 1. The van der Waals surface area contributed by atoms with E-state index in [1.165, 1.54) is 12.1 Å². The first-order valence-corrected chi connectivity index (χ1v) is 5.17. The molecule has 6 nitrogen and oxygen atoms in total. The van der Waals surface area contributed by atoms with Crippen LogP contribution in [0.4, 0.5) is 11.4 Å². The van der Waals surface area contributed by atoms with Crippen LogP contribution in [0.25, 0.3) is 0 Å². The molecule has 0 radical (unpaired) electrons. The molecule has 6 heteroatoms. The van der Waals surface area contributed by atoms with E-state index in [1.54, 1.807) is 17.9 Å². The van der Waals surface area contributed by atoms with Gasteiger partial charge in [-0.15, -0.1) is 0 Å². The van der Waals surface area contributed by atoms with Gasteiger partial charge in [-0.1, -0.05) is 0 Å². The molecule has 0 fully saturated rings. The SMILES string of the molecule is CCN(CC(=O)O)c1ccc([N+](=O)[O-])cc1C. The van der Waals surface area contributed by atoms with Crippen molar-refractivity contribution >= 4 is 17.3 Å². The number of carbonyl (C=O) groups is 1. The molecule has 0 bridgehead atoms. The van der Waals surface area contributed by atoms with Gasteiger partial charge in [-0.2, -0.15) is 0 Å². The van der Waals surface area contributed by atoms with E-state index in [1.807, 2.05) is 6.92 Å². The number of aliphatic carboxylic acids is 1. The molecule has 0 aliphatic carbocycles. The summed E-state index contributed by atoms with van der Waals surface area (Å²) in [5.41, 5.74) is 1.42. The lowest BCUT2D eigenvalue weighted by molar-refractivity contribution is -0.384. The summed E-state index contributed by atoms with van der Waals surface area (Å²) in [6.07, 6.45) is 0. The van der Waals surface area contributed by atoms with E-state index in [-0.39, 0.29) is 12.2 Å². The predicted molar refractivity (Wildman–Crippen MR) is 63.4 cm³/mol. The van der Waals surface area contributed by atoms with Crippen LogP contribution in [0.5, 0.6) is 0 Å². The molecule has 1 rings (SSSR count). The Bertz CT molecular complexity index is 445. The van der Waals surface area contributed by atoms with Crippen molar-refractivity contribution in [2.24, 2.45) is 0 Å². The molecule has 1 aromatic carbocycles. The normalized spacial score (nSPS) is 10.0. The average Bonchev–Trinajstić information content (AvgIpc) is 2.25. The number of aryl methyl sites for hydroxylation is 1. The number of nitro benzene ring substituents is 1. The summed E-state index contributed by atoms with van der Waals surface area (Å²) in [5, 5.41) is 19.3. The molecule has 0 aromatic heterocycles. The third kappa shape index (κ3) is 3.17. The molecule has 1 aromatic rings. The van der Waals surface area contributed by atoms with Gasteiger partial charge in [0.25, 0.3) is 5.69 Å². The van der Waals surface area contributed by atoms with E-state index in [2.05, 4.69) is 0 Å². The molecular formula is C11H14N2O4. The molecule has 0 spiro atoms. The predicted octanol–water partition coefficient (Wildman–Crippen LogP) is 1.81. The van der Waals surface area contributed by atoms with Crippen LogP contribution in [0.2, 0.25) is 0 Å². The maximum absolute atomic E-state index is 10.7. The van der Waals surface area contributed by atoms with Gasteiger partial charge in [-0.05, 0) is 25.5 Å². The molecule has 0 saturated carbocycles. The van der Waals surface area contributed by atoms with Crippen molar-refractivity contribution in [2.75, 3.05) is 18.0 Å². The smallest absolute Gasteiger partial charge is 0.323 e. The number of hydrogen-bond donors (Lipinski definition) is 1. The Balaban J connectivity index is 3.04. The van der Waals surface area contributed by atoms with Gasteiger partial charge in [0.15, 0.2) is 0 Å². The van der Waals surface area contributed by atoms with Gasteiger partial charge in [0.1, 0.15) is 6.54 Å². The number of nitro groups is 1. The van der Waals surface area contributed by atoms with Crippen LogP contribution in [0.3, 0.4) is 0 Å². The van der Waals surface area contributed by atoms with Crippen molar-refractivity contribution in [1.82, 2.24) is 0 Å². The van der Waals surface area contributed by atoms with E-state index in [0.29, 0.717) is 17.8 Å². The maximum atomic E-state index is 10.7. The standard InChI is InChI=1S/C11H14N2O4/c1-3-12(7-11(14)15)10-5-4-9(13(16)17)6-8(10)2/h4-6H,3,7H2,1-2H3,(H,14,15). The van der Waals surface area contributed by atoms with Crippen molar-refractivity contribution in [3.05, 3.63) is 33.9 Å². The third-order valence-corrected chi connectivity index (χ3v) is 2.44. The third-order valence-electron chi connectivity index (χ3n) is 2.44. The van der Waals surface area contributed by atoms with Crippen LogP contribution in [0.1, 0.15) is 12.5 Å². The molecule has 0 aliphatic rings. The summed E-state index contributed by atoms with van der Waals surface area (Å²) >= 11 is 0. The second-order valence-electron chi connectivity index (χ2n) is 3.64. The highest BCUT2D eigenvalue weighted by molar-refractivity contribution is 5.74. The van der Waals surface area contributed by atoms with Crippen LogP contribution >= 0.6 is 0 Å². The quantitative estimate of drug-likeness (QED) is 0.624. The molecular weight excluding hydrogens is 224 g/mol. The second-order valence-corrected chi connectivity index (χ2v) is 3.64. The van der Waals surface area contributed by atoms with E-state index in [4.69, 9.17) is 5.11 Å². The van der Waals surface area contributed by atoms with Gasteiger partial charge in [-0.25, -0.2) is 0 Å². The molecule has 17 heavy (non-hydrogen) atoms. The van der Waals surface area contributed by atoms with Gasteiger partial charge in [0.05, 0.1) is 4.92 Å². The van der Waals surface area contributed by atoms with Crippen molar-refractivity contribution < 1.29 is 14.8 Å². The first kappa shape index (κ1) is 13.0. The summed E-state index contributed by atoms with van der Waals surface area (Å²) in [6.45, 7) is 3.98. The summed E-state index contributed by atoms with van der Waals surface area (Å²) in [7, 11) is 0. The first-order chi connectivity index (χ1) is 7.95. The number of likely N-dealkylation sites (N-methyl/N-ethyl adjacent to an activating group) is 1. The Kier molecular flexibility index (Phi) is 4.03. The number of rotatable bonds is 5. The van der Waals surface area contributed by atoms with Gasteiger partial charge in [0.2, 0.25) is 0 Å².